The molecule has 1 aromatic carbocycles. The molecular weight excluding hydrogens is 222 g/mol. The van der Waals surface area contributed by atoms with E-state index in [4.69, 9.17) is 11.6 Å². The first kappa shape index (κ1) is 13.5. The third-order valence-corrected chi connectivity index (χ3v) is 3.12. The summed E-state index contributed by atoms with van der Waals surface area (Å²) < 4.78 is 0. The smallest absolute Gasteiger partial charge is 0.0687 e. The van der Waals surface area contributed by atoms with Gasteiger partial charge in [0, 0.05) is 17.6 Å². The van der Waals surface area contributed by atoms with Crippen LogP contribution >= 0.6 is 11.6 Å². The Labute approximate surface area is 103 Å². The highest BCUT2D eigenvalue weighted by Gasteiger charge is 2.12. The second-order valence-corrected chi connectivity index (χ2v) is 4.87. The minimum Gasteiger partial charge on any atom is -0.392 e. The first-order valence-electron chi connectivity index (χ1n) is 5.68. The largest absolute Gasteiger partial charge is 0.392 e. The van der Waals surface area contributed by atoms with Crippen molar-refractivity contribution >= 4 is 11.6 Å². The van der Waals surface area contributed by atoms with Gasteiger partial charge < -0.3 is 10.4 Å². The van der Waals surface area contributed by atoms with Crippen molar-refractivity contribution in [3.05, 3.63) is 34.9 Å². The van der Waals surface area contributed by atoms with Gasteiger partial charge in [-0.15, -0.1) is 0 Å². The van der Waals surface area contributed by atoms with E-state index in [0.717, 1.165) is 10.6 Å². The minimum absolute atomic E-state index is 0.155. The van der Waals surface area contributed by atoms with E-state index in [1.165, 1.54) is 0 Å². The number of nitrogens with one attached hydrogen (secondary N) is 1. The Morgan fingerprint density at radius 1 is 1.25 bits per heavy atom. The number of aliphatic hydroxyl groups excluding tert-OH is 1. The van der Waals surface area contributed by atoms with Crippen molar-refractivity contribution in [2.75, 3.05) is 6.54 Å². The molecule has 1 rings (SSSR count). The quantitative estimate of drug-likeness (QED) is 0.831. The van der Waals surface area contributed by atoms with E-state index >= 15 is 0 Å². The molecule has 0 amide bonds. The van der Waals surface area contributed by atoms with E-state index in [-0.39, 0.29) is 18.1 Å². The molecule has 2 N–H and O–H groups in total. The van der Waals surface area contributed by atoms with Crippen molar-refractivity contribution in [1.82, 2.24) is 5.32 Å². The fourth-order valence-corrected chi connectivity index (χ4v) is 1.77. The molecule has 0 spiro atoms. The van der Waals surface area contributed by atoms with Crippen LogP contribution in [0.2, 0.25) is 5.02 Å². The highest BCUT2D eigenvalue weighted by Crippen LogP contribution is 2.22. The van der Waals surface area contributed by atoms with Crippen LogP contribution in [0.3, 0.4) is 0 Å². The standard InChI is InChI=1S/C13H20ClNO/c1-9(2)13(16)8-15-10(3)11-6-4-5-7-12(11)14/h4-7,9-10,13,15-16H,8H2,1-3H3. The second-order valence-electron chi connectivity index (χ2n) is 4.46. The number of hydrogen-bond acceptors (Lipinski definition) is 2. The zero-order chi connectivity index (χ0) is 12.1. The van der Waals surface area contributed by atoms with Crippen molar-refractivity contribution < 1.29 is 5.11 Å². The summed E-state index contributed by atoms with van der Waals surface area (Å²) in [4.78, 5) is 0. The summed E-state index contributed by atoms with van der Waals surface area (Å²) in [6.07, 6.45) is -0.315. The molecule has 90 valence electrons. The normalized spacial score (nSPS) is 15.1. The van der Waals surface area contributed by atoms with Gasteiger partial charge >= 0.3 is 0 Å². The monoisotopic (exact) mass is 241 g/mol. The molecule has 0 radical (unpaired) electrons. The lowest BCUT2D eigenvalue weighted by Gasteiger charge is -2.20. The predicted octanol–water partition coefficient (Wildman–Crippen LogP) is 3.01. The first-order valence-corrected chi connectivity index (χ1v) is 6.06. The van der Waals surface area contributed by atoms with Crippen molar-refractivity contribution in [3.8, 4) is 0 Å². The van der Waals surface area contributed by atoms with Crippen LogP contribution in [0.5, 0.6) is 0 Å². The molecular formula is C13H20ClNO. The number of hydrogen-bond donors (Lipinski definition) is 2. The Morgan fingerprint density at radius 2 is 1.88 bits per heavy atom. The zero-order valence-electron chi connectivity index (χ0n) is 10.1. The van der Waals surface area contributed by atoms with Gasteiger partial charge in [-0.1, -0.05) is 43.6 Å². The minimum atomic E-state index is -0.315. The van der Waals surface area contributed by atoms with E-state index in [1.807, 2.05) is 45.0 Å². The van der Waals surface area contributed by atoms with Crippen LogP contribution in [0, 0.1) is 5.92 Å². The fourth-order valence-electron chi connectivity index (χ4n) is 1.47. The van der Waals surface area contributed by atoms with Gasteiger partial charge in [0.15, 0.2) is 0 Å². The molecule has 2 nitrogen and oxygen atoms in total. The Balaban J connectivity index is 2.53. The Hall–Kier alpha value is -0.570. The predicted molar refractivity (Wildman–Crippen MR) is 68.7 cm³/mol. The van der Waals surface area contributed by atoms with Crippen LogP contribution < -0.4 is 5.32 Å². The van der Waals surface area contributed by atoms with Crippen molar-refractivity contribution in [3.63, 3.8) is 0 Å². The summed E-state index contributed by atoms with van der Waals surface area (Å²) >= 11 is 6.09. The van der Waals surface area contributed by atoms with E-state index in [0.29, 0.717) is 6.54 Å². The molecule has 0 saturated heterocycles. The lowest BCUT2D eigenvalue weighted by molar-refractivity contribution is 0.121. The van der Waals surface area contributed by atoms with E-state index in [2.05, 4.69) is 5.32 Å². The summed E-state index contributed by atoms with van der Waals surface area (Å²) in [5.74, 6) is 0.269. The van der Waals surface area contributed by atoms with Gasteiger partial charge in [0.2, 0.25) is 0 Å². The second kappa shape index (κ2) is 6.24. The Bertz CT molecular complexity index is 327. The third-order valence-electron chi connectivity index (χ3n) is 2.77. The SMILES string of the molecule is CC(NCC(O)C(C)C)c1ccccc1Cl. The Morgan fingerprint density at radius 3 is 2.44 bits per heavy atom. The van der Waals surface area contributed by atoms with Crippen LogP contribution in [-0.2, 0) is 0 Å². The summed E-state index contributed by atoms with van der Waals surface area (Å²) in [6, 6.07) is 7.93. The molecule has 0 heterocycles. The maximum atomic E-state index is 9.70. The molecule has 0 aliphatic heterocycles. The topological polar surface area (TPSA) is 32.3 Å². The molecule has 0 saturated carbocycles. The van der Waals surface area contributed by atoms with E-state index in [1.54, 1.807) is 0 Å². The zero-order valence-corrected chi connectivity index (χ0v) is 10.8. The average molecular weight is 242 g/mol. The molecule has 1 aromatic rings. The van der Waals surface area contributed by atoms with Crippen LogP contribution in [0.1, 0.15) is 32.4 Å². The molecule has 16 heavy (non-hydrogen) atoms. The van der Waals surface area contributed by atoms with Crippen molar-refractivity contribution in [2.24, 2.45) is 5.92 Å². The highest BCUT2D eigenvalue weighted by atomic mass is 35.5. The molecule has 0 bridgehead atoms. The van der Waals surface area contributed by atoms with Gasteiger partial charge in [-0.2, -0.15) is 0 Å². The van der Waals surface area contributed by atoms with E-state index < -0.39 is 0 Å². The van der Waals surface area contributed by atoms with Gasteiger partial charge in [-0.3, -0.25) is 0 Å². The number of aliphatic hydroxyl groups is 1. The van der Waals surface area contributed by atoms with Gasteiger partial charge in [0.25, 0.3) is 0 Å². The van der Waals surface area contributed by atoms with E-state index in [9.17, 15) is 5.11 Å². The highest BCUT2D eigenvalue weighted by molar-refractivity contribution is 6.31. The summed E-state index contributed by atoms with van der Waals surface area (Å²) in [5.41, 5.74) is 1.07. The first-order chi connectivity index (χ1) is 7.52. The van der Waals surface area contributed by atoms with Gasteiger partial charge in [-0.05, 0) is 24.5 Å². The maximum Gasteiger partial charge on any atom is 0.0687 e. The molecule has 0 fully saturated rings. The summed E-state index contributed by atoms with van der Waals surface area (Å²) in [7, 11) is 0. The van der Waals surface area contributed by atoms with Gasteiger partial charge in [0.1, 0.15) is 0 Å². The fraction of sp³-hybridized carbons (Fsp3) is 0.538. The van der Waals surface area contributed by atoms with Crippen molar-refractivity contribution in [1.29, 1.82) is 0 Å². The molecule has 2 unspecified atom stereocenters. The lowest BCUT2D eigenvalue weighted by atomic mass is 10.1. The third kappa shape index (κ3) is 3.78. The van der Waals surface area contributed by atoms with Crippen LogP contribution in [0.15, 0.2) is 24.3 Å². The summed E-state index contributed by atoms with van der Waals surface area (Å²) in [5, 5.41) is 13.7. The molecule has 2 atom stereocenters. The maximum absolute atomic E-state index is 9.70. The number of benzene rings is 1. The average Bonchev–Trinajstić information content (AvgIpc) is 2.25. The number of rotatable bonds is 5. The van der Waals surface area contributed by atoms with Gasteiger partial charge in [-0.25, -0.2) is 0 Å². The number of halogens is 1. The van der Waals surface area contributed by atoms with Crippen LogP contribution in [0.4, 0.5) is 0 Å². The molecule has 0 aliphatic rings. The van der Waals surface area contributed by atoms with Gasteiger partial charge in [0.05, 0.1) is 6.10 Å². The summed E-state index contributed by atoms with van der Waals surface area (Å²) in [6.45, 7) is 6.65. The van der Waals surface area contributed by atoms with Crippen molar-refractivity contribution in [2.45, 2.75) is 32.9 Å². The molecule has 0 aromatic heterocycles. The lowest BCUT2D eigenvalue weighted by Crippen LogP contribution is -2.32. The molecule has 0 aliphatic carbocycles. The van der Waals surface area contributed by atoms with Crippen LogP contribution in [-0.4, -0.2) is 17.8 Å². The molecule has 3 heteroatoms. The van der Waals surface area contributed by atoms with Crippen LogP contribution in [0.25, 0.3) is 0 Å². The Kier molecular flexibility index (Phi) is 5.26.